The standard InChI is InChI=1S/C25H25F3N6O/c1-15-13-18-19(31-15)7-8-20(22(18)26)35-25-21(23(27)28)24(29-14-30-25)32-16-3-5-17(6-4-16)34-11-9-33(2)10-12-34/h3-8,13-14,23,31H,9-12H2,1-2H3,(H,29,30,32). The SMILES string of the molecule is Cc1cc2c(F)c(Oc3ncnc(Nc4ccc(N5CCN(C)CC5)cc4)c3C(F)F)ccc2[nH]1. The summed E-state index contributed by atoms with van der Waals surface area (Å²) in [6, 6.07) is 12.2. The molecule has 2 aromatic carbocycles. The molecule has 3 heterocycles. The number of hydrogen-bond acceptors (Lipinski definition) is 6. The number of nitrogens with zero attached hydrogens (tertiary/aromatic N) is 4. The number of piperazine rings is 1. The first-order chi connectivity index (χ1) is 16.9. The summed E-state index contributed by atoms with van der Waals surface area (Å²) in [4.78, 5) is 15.4. The Morgan fingerprint density at radius 3 is 2.49 bits per heavy atom. The third-order valence-corrected chi connectivity index (χ3v) is 6.11. The van der Waals surface area contributed by atoms with Crippen LogP contribution in [0, 0.1) is 12.7 Å². The van der Waals surface area contributed by atoms with E-state index in [9.17, 15) is 13.2 Å². The molecule has 0 bridgehead atoms. The summed E-state index contributed by atoms with van der Waals surface area (Å²) in [6.07, 6.45) is -1.83. The van der Waals surface area contributed by atoms with Gasteiger partial charge in [0.25, 0.3) is 6.43 Å². The number of rotatable bonds is 6. The molecule has 2 N–H and O–H groups in total. The van der Waals surface area contributed by atoms with Crippen LogP contribution in [0.3, 0.4) is 0 Å². The second-order valence-electron chi connectivity index (χ2n) is 8.60. The van der Waals surface area contributed by atoms with Crippen molar-refractivity contribution in [3.63, 3.8) is 0 Å². The number of halogens is 3. The molecule has 0 unspecified atom stereocenters. The maximum Gasteiger partial charge on any atom is 0.272 e. The molecular weight excluding hydrogens is 457 g/mol. The molecule has 0 atom stereocenters. The third kappa shape index (κ3) is 4.74. The Morgan fingerprint density at radius 2 is 1.77 bits per heavy atom. The Balaban J connectivity index is 1.39. The van der Waals surface area contributed by atoms with Gasteiger partial charge in [0.1, 0.15) is 17.7 Å². The molecule has 0 amide bonds. The van der Waals surface area contributed by atoms with E-state index in [-0.39, 0.29) is 11.6 Å². The van der Waals surface area contributed by atoms with Gasteiger partial charge in [-0.1, -0.05) is 0 Å². The normalized spacial score (nSPS) is 14.6. The number of nitrogens with one attached hydrogen (secondary N) is 2. The maximum absolute atomic E-state index is 15.0. The van der Waals surface area contributed by atoms with Crippen molar-refractivity contribution in [2.45, 2.75) is 13.3 Å². The van der Waals surface area contributed by atoms with Gasteiger partial charge in [-0.3, -0.25) is 0 Å². The average Bonchev–Trinajstić information content (AvgIpc) is 3.23. The van der Waals surface area contributed by atoms with Crippen LogP contribution in [-0.2, 0) is 0 Å². The molecule has 182 valence electrons. The highest BCUT2D eigenvalue weighted by Crippen LogP contribution is 2.38. The molecule has 7 nitrogen and oxygen atoms in total. The Labute approximate surface area is 200 Å². The lowest BCUT2D eigenvalue weighted by molar-refractivity contribution is 0.147. The van der Waals surface area contributed by atoms with Crippen molar-refractivity contribution in [3.8, 4) is 11.6 Å². The van der Waals surface area contributed by atoms with Gasteiger partial charge < -0.3 is 24.8 Å². The van der Waals surface area contributed by atoms with E-state index in [1.165, 1.54) is 6.07 Å². The minimum atomic E-state index is -2.94. The first kappa shape index (κ1) is 23.0. The van der Waals surface area contributed by atoms with Crippen LogP contribution in [0.2, 0.25) is 0 Å². The topological polar surface area (TPSA) is 69.3 Å². The second-order valence-corrected chi connectivity index (χ2v) is 8.60. The number of ether oxygens (including phenoxy) is 1. The van der Waals surface area contributed by atoms with Crippen LogP contribution in [0.5, 0.6) is 11.6 Å². The molecule has 0 saturated carbocycles. The van der Waals surface area contributed by atoms with Gasteiger partial charge in [0.05, 0.1) is 0 Å². The van der Waals surface area contributed by atoms with Crippen molar-refractivity contribution in [2.75, 3.05) is 43.4 Å². The van der Waals surface area contributed by atoms with Crippen LogP contribution in [0.4, 0.5) is 30.4 Å². The fraction of sp³-hybridized carbons (Fsp3) is 0.280. The van der Waals surface area contributed by atoms with Gasteiger partial charge >= 0.3 is 0 Å². The predicted molar refractivity (Wildman–Crippen MR) is 129 cm³/mol. The highest BCUT2D eigenvalue weighted by Gasteiger charge is 2.24. The fourth-order valence-corrected chi connectivity index (χ4v) is 4.19. The van der Waals surface area contributed by atoms with Gasteiger partial charge in [0, 0.05) is 54.2 Å². The Morgan fingerprint density at radius 1 is 1.03 bits per heavy atom. The molecule has 0 aliphatic carbocycles. The number of aryl methyl sites for hydroxylation is 1. The molecule has 35 heavy (non-hydrogen) atoms. The minimum Gasteiger partial charge on any atom is -0.435 e. The van der Waals surface area contributed by atoms with Gasteiger partial charge in [-0.2, -0.15) is 0 Å². The van der Waals surface area contributed by atoms with Crippen molar-refractivity contribution in [1.29, 1.82) is 0 Å². The molecule has 1 fully saturated rings. The van der Waals surface area contributed by atoms with E-state index in [1.807, 2.05) is 24.3 Å². The highest BCUT2D eigenvalue weighted by molar-refractivity contribution is 5.82. The van der Waals surface area contributed by atoms with Crippen LogP contribution >= 0.6 is 0 Å². The lowest BCUT2D eigenvalue weighted by Gasteiger charge is -2.34. The molecule has 2 aromatic heterocycles. The van der Waals surface area contributed by atoms with Crippen molar-refractivity contribution in [2.24, 2.45) is 0 Å². The van der Waals surface area contributed by atoms with E-state index in [4.69, 9.17) is 4.74 Å². The van der Waals surface area contributed by atoms with Gasteiger partial charge in [-0.25, -0.2) is 23.1 Å². The smallest absolute Gasteiger partial charge is 0.272 e. The molecule has 4 aromatic rings. The van der Waals surface area contributed by atoms with Crippen LogP contribution in [0.1, 0.15) is 17.7 Å². The number of likely N-dealkylation sites (N-methyl/N-ethyl adjacent to an activating group) is 1. The summed E-state index contributed by atoms with van der Waals surface area (Å²) < 4.78 is 48.7. The van der Waals surface area contributed by atoms with E-state index in [0.29, 0.717) is 16.6 Å². The minimum absolute atomic E-state index is 0.101. The molecule has 1 aliphatic rings. The van der Waals surface area contributed by atoms with Gasteiger partial charge in [-0.15, -0.1) is 0 Å². The van der Waals surface area contributed by atoms with Crippen LogP contribution in [-0.4, -0.2) is 53.1 Å². The number of alkyl halides is 2. The Hall–Kier alpha value is -3.79. The number of fused-ring (bicyclic) bond motifs is 1. The van der Waals surface area contributed by atoms with E-state index >= 15 is 0 Å². The first-order valence-corrected chi connectivity index (χ1v) is 11.3. The second kappa shape index (κ2) is 9.46. The lowest BCUT2D eigenvalue weighted by atomic mass is 10.2. The molecular formula is C25H25F3N6O. The van der Waals surface area contributed by atoms with Crippen molar-refractivity contribution in [3.05, 3.63) is 65.9 Å². The fourth-order valence-electron chi connectivity index (χ4n) is 4.19. The van der Waals surface area contributed by atoms with Crippen molar-refractivity contribution in [1.82, 2.24) is 19.9 Å². The zero-order valence-corrected chi connectivity index (χ0v) is 19.4. The summed E-state index contributed by atoms with van der Waals surface area (Å²) in [5, 5.41) is 3.24. The monoisotopic (exact) mass is 482 g/mol. The van der Waals surface area contributed by atoms with E-state index in [2.05, 4.69) is 37.1 Å². The zero-order chi connectivity index (χ0) is 24.5. The van der Waals surface area contributed by atoms with Gasteiger partial charge in [0.15, 0.2) is 11.6 Å². The van der Waals surface area contributed by atoms with Crippen LogP contribution in [0.25, 0.3) is 10.9 Å². The summed E-state index contributed by atoms with van der Waals surface area (Å²) in [5.41, 5.74) is 2.48. The van der Waals surface area contributed by atoms with Gasteiger partial charge in [0.2, 0.25) is 5.88 Å². The molecule has 5 rings (SSSR count). The summed E-state index contributed by atoms with van der Waals surface area (Å²) in [7, 11) is 2.10. The third-order valence-electron chi connectivity index (χ3n) is 6.11. The van der Waals surface area contributed by atoms with Crippen LogP contribution < -0.4 is 15.0 Å². The van der Waals surface area contributed by atoms with Crippen molar-refractivity contribution >= 4 is 28.1 Å². The predicted octanol–water partition coefficient (Wildman–Crippen LogP) is 5.63. The lowest BCUT2D eigenvalue weighted by Crippen LogP contribution is -2.44. The average molecular weight is 483 g/mol. The van der Waals surface area contributed by atoms with E-state index in [1.54, 1.807) is 19.1 Å². The number of benzene rings is 2. The molecule has 10 heteroatoms. The summed E-state index contributed by atoms with van der Waals surface area (Å²) in [6.45, 7) is 5.62. The van der Waals surface area contributed by atoms with E-state index < -0.39 is 23.7 Å². The van der Waals surface area contributed by atoms with Crippen LogP contribution in [0.15, 0.2) is 48.8 Å². The highest BCUT2D eigenvalue weighted by atomic mass is 19.3. The molecule has 1 saturated heterocycles. The van der Waals surface area contributed by atoms with Crippen molar-refractivity contribution < 1.29 is 17.9 Å². The van der Waals surface area contributed by atoms with Gasteiger partial charge in [-0.05, 0) is 56.4 Å². The Kier molecular flexibility index (Phi) is 6.21. The first-order valence-electron chi connectivity index (χ1n) is 11.3. The zero-order valence-electron chi connectivity index (χ0n) is 19.4. The summed E-state index contributed by atoms with van der Waals surface area (Å²) in [5.74, 6) is -1.35. The number of aromatic amines is 1. The maximum atomic E-state index is 15.0. The Bertz CT molecular complexity index is 1330. The van der Waals surface area contributed by atoms with E-state index in [0.717, 1.165) is 43.9 Å². The molecule has 0 spiro atoms. The largest absolute Gasteiger partial charge is 0.435 e. The molecule has 1 aliphatic heterocycles. The number of H-pyrrole nitrogens is 1. The number of aromatic nitrogens is 3. The number of anilines is 3. The number of hydrogen-bond donors (Lipinski definition) is 2. The summed E-state index contributed by atoms with van der Waals surface area (Å²) >= 11 is 0. The molecule has 0 radical (unpaired) electrons. The quantitative estimate of drug-likeness (QED) is 0.371.